The molecule has 2 atom stereocenters. The molecule has 0 bridgehead atoms. The van der Waals surface area contributed by atoms with Crippen LogP contribution in [-0.4, -0.2) is 12.1 Å². The van der Waals surface area contributed by atoms with Crippen LogP contribution in [0.3, 0.4) is 0 Å². The summed E-state index contributed by atoms with van der Waals surface area (Å²) in [4.78, 5) is 11.5. The highest BCUT2D eigenvalue weighted by atomic mass is 16.6. The van der Waals surface area contributed by atoms with Gasteiger partial charge < -0.3 is 4.74 Å². The van der Waals surface area contributed by atoms with Gasteiger partial charge in [-0.05, 0) is 19.3 Å². The molecule has 128 valence electrons. The van der Waals surface area contributed by atoms with Crippen molar-refractivity contribution in [3.8, 4) is 0 Å². The minimum atomic E-state index is -0.167. The maximum atomic E-state index is 11.5. The Labute approximate surface area is 137 Å². The molecule has 0 amide bonds. The zero-order chi connectivity index (χ0) is 16.2. The van der Waals surface area contributed by atoms with E-state index in [0.29, 0.717) is 5.57 Å². The second-order valence-corrected chi connectivity index (χ2v) is 6.81. The molecule has 2 heteroatoms. The Bertz CT molecular complexity index is 322. The topological polar surface area (TPSA) is 26.3 Å². The summed E-state index contributed by atoms with van der Waals surface area (Å²) >= 11 is 0. The van der Waals surface area contributed by atoms with E-state index in [-0.39, 0.29) is 18.0 Å². The molecular weight excluding hydrogens is 272 g/mol. The maximum Gasteiger partial charge on any atom is 0.334 e. The van der Waals surface area contributed by atoms with Gasteiger partial charge in [0.15, 0.2) is 0 Å². The van der Waals surface area contributed by atoms with Gasteiger partial charge in [0, 0.05) is 11.5 Å². The van der Waals surface area contributed by atoms with E-state index in [0.717, 1.165) is 12.8 Å². The molecule has 1 heterocycles. The number of rotatable bonds is 13. The van der Waals surface area contributed by atoms with Crippen molar-refractivity contribution in [3.63, 3.8) is 0 Å². The van der Waals surface area contributed by atoms with Gasteiger partial charge in [-0.3, -0.25) is 0 Å². The Hall–Kier alpha value is -0.790. The molecule has 1 fully saturated rings. The van der Waals surface area contributed by atoms with E-state index in [1.807, 2.05) is 0 Å². The van der Waals surface area contributed by atoms with E-state index in [9.17, 15) is 4.79 Å². The predicted molar refractivity (Wildman–Crippen MR) is 93.9 cm³/mol. The van der Waals surface area contributed by atoms with Gasteiger partial charge >= 0.3 is 5.97 Å². The lowest BCUT2D eigenvalue weighted by Gasteiger charge is -2.15. The third-order valence-electron chi connectivity index (χ3n) is 4.95. The van der Waals surface area contributed by atoms with Gasteiger partial charge in [0.05, 0.1) is 0 Å². The second-order valence-electron chi connectivity index (χ2n) is 6.81. The van der Waals surface area contributed by atoms with Crippen molar-refractivity contribution >= 4 is 5.97 Å². The molecule has 1 rings (SSSR count). The number of ether oxygens (including phenoxy) is 1. The second kappa shape index (κ2) is 11.7. The van der Waals surface area contributed by atoms with Crippen LogP contribution in [0.2, 0.25) is 0 Å². The first-order valence-corrected chi connectivity index (χ1v) is 9.60. The molecule has 0 spiro atoms. The van der Waals surface area contributed by atoms with Gasteiger partial charge in [0.25, 0.3) is 0 Å². The number of carbonyl (C=O) groups excluding carboxylic acids is 1. The zero-order valence-electron chi connectivity index (χ0n) is 14.9. The highest BCUT2D eigenvalue weighted by Crippen LogP contribution is 2.32. The molecule has 2 unspecified atom stereocenters. The number of esters is 1. The van der Waals surface area contributed by atoms with Crippen LogP contribution in [0, 0.1) is 5.92 Å². The summed E-state index contributed by atoms with van der Waals surface area (Å²) in [5.74, 6) is 0.0931. The van der Waals surface area contributed by atoms with Crippen molar-refractivity contribution in [2.45, 2.75) is 103 Å². The first kappa shape index (κ1) is 19.3. The Morgan fingerprint density at radius 1 is 0.864 bits per heavy atom. The molecule has 2 nitrogen and oxygen atoms in total. The number of hydrogen-bond acceptors (Lipinski definition) is 2. The lowest BCUT2D eigenvalue weighted by atomic mass is 9.91. The third-order valence-corrected chi connectivity index (χ3v) is 4.95. The van der Waals surface area contributed by atoms with E-state index in [1.54, 1.807) is 0 Å². The average molecular weight is 309 g/mol. The fraction of sp³-hybridized carbons (Fsp3) is 0.850. The Morgan fingerprint density at radius 2 is 1.36 bits per heavy atom. The zero-order valence-corrected chi connectivity index (χ0v) is 14.9. The molecular formula is C20H36O2. The van der Waals surface area contributed by atoms with Crippen molar-refractivity contribution in [1.29, 1.82) is 0 Å². The lowest BCUT2D eigenvalue weighted by Crippen LogP contribution is -2.15. The maximum absolute atomic E-state index is 11.5. The van der Waals surface area contributed by atoms with Crippen LogP contribution < -0.4 is 0 Å². The molecule has 0 radical (unpaired) electrons. The standard InChI is InChI=1S/C20H36O2/c1-4-6-7-8-9-10-11-12-13-14-15-16-19-18(5-2)17(3)20(21)22-19/h18-19H,3-16H2,1-2H3. The highest BCUT2D eigenvalue weighted by molar-refractivity contribution is 5.90. The molecule has 0 aliphatic carbocycles. The molecule has 0 aromatic rings. The van der Waals surface area contributed by atoms with E-state index < -0.39 is 0 Å². The number of carbonyl (C=O) groups is 1. The Balaban J connectivity index is 1.93. The molecule has 1 aliphatic rings. The molecule has 0 N–H and O–H groups in total. The van der Waals surface area contributed by atoms with Crippen molar-refractivity contribution < 1.29 is 9.53 Å². The Morgan fingerprint density at radius 3 is 1.86 bits per heavy atom. The van der Waals surface area contributed by atoms with Gasteiger partial charge in [-0.1, -0.05) is 84.6 Å². The fourth-order valence-electron chi connectivity index (χ4n) is 3.45. The van der Waals surface area contributed by atoms with Gasteiger partial charge in [0.1, 0.15) is 6.10 Å². The van der Waals surface area contributed by atoms with Crippen LogP contribution in [0.15, 0.2) is 12.2 Å². The number of hydrogen-bond donors (Lipinski definition) is 0. The molecule has 0 saturated carbocycles. The van der Waals surface area contributed by atoms with E-state index in [2.05, 4.69) is 20.4 Å². The van der Waals surface area contributed by atoms with Crippen LogP contribution in [0.25, 0.3) is 0 Å². The summed E-state index contributed by atoms with van der Waals surface area (Å²) in [5, 5.41) is 0. The van der Waals surface area contributed by atoms with Crippen LogP contribution in [0.5, 0.6) is 0 Å². The summed E-state index contributed by atoms with van der Waals surface area (Å²) in [5.41, 5.74) is 0.690. The predicted octanol–water partition coefficient (Wildman–Crippen LogP) is 6.20. The van der Waals surface area contributed by atoms with Crippen molar-refractivity contribution in [3.05, 3.63) is 12.2 Å². The van der Waals surface area contributed by atoms with Gasteiger partial charge in [-0.2, -0.15) is 0 Å². The molecule has 0 aromatic carbocycles. The molecule has 22 heavy (non-hydrogen) atoms. The summed E-state index contributed by atoms with van der Waals surface area (Å²) < 4.78 is 5.43. The average Bonchev–Trinajstić information content (AvgIpc) is 2.79. The monoisotopic (exact) mass is 308 g/mol. The quantitative estimate of drug-likeness (QED) is 0.230. The van der Waals surface area contributed by atoms with Crippen molar-refractivity contribution in [2.75, 3.05) is 0 Å². The van der Waals surface area contributed by atoms with Crippen LogP contribution in [-0.2, 0) is 9.53 Å². The largest absolute Gasteiger partial charge is 0.458 e. The van der Waals surface area contributed by atoms with Gasteiger partial charge in [-0.25, -0.2) is 4.79 Å². The Kier molecular flexibility index (Phi) is 10.3. The SMILES string of the molecule is C=C1C(=O)OC(CCCCCCCCCCCCC)C1CC. The van der Waals surface area contributed by atoms with Crippen LogP contribution >= 0.6 is 0 Å². The van der Waals surface area contributed by atoms with Crippen molar-refractivity contribution in [2.24, 2.45) is 5.92 Å². The smallest absolute Gasteiger partial charge is 0.334 e. The summed E-state index contributed by atoms with van der Waals surface area (Å²) in [6.45, 7) is 8.25. The number of cyclic esters (lactones) is 1. The van der Waals surface area contributed by atoms with Crippen LogP contribution in [0.4, 0.5) is 0 Å². The van der Waals surface area contributed by atoms with Gasteiger partial charge in [-0.15, -0.1) is 0 Å². The third kappa shape index (κ3) is 6.98. The molecule has 1 saturated heterocycles. The summed E-state index contributed by atoms with van der Waals surface area (Å²) in [7, 11) is 0. The minimum absolute atomic E-state index is 0.101. The van der Waals surface area contributed by atoms with Gasteiger partial charge in [0.2, 0.25) is 0 Å². The highest BCUT2D eigenvalue weighted by Gasteiger charge is 2.36. The fourth-order valence-corrected chi connectivity index (χ4v) is 3.45. The first-order chi connectivity index (χ1) is 10.7. The minimum Gasteiger partial charge on any atom is -0.458 e. The van der Waals surface area contributed by atoms with E-state index in [1.165, 1.54) is 70.6 Å². The normalized spacial score (nSPS) is 21.4. The molecule has 1 aliphatic heterocycles. The van der Waals surface area contributed by atoms with Crippen LogP contribution in [0.1, 0.15) is 97.3 Å². The first-order valence-electron chi connectivity index (χ1n) is 9.60. The lowest BCUT2D eigenvalue weighted by molar-refractivity contribution is -0.139. The van der Waals surface area contributed by atoms with E-state index in [4.69, 9.17) is 4.74 Å². The molecule has 0 aromatic heterocycles. The number of unbranched alkanes of at least 4 members (excludes halogenated alkanes) is 10. The summed E-state index contributed by atoms with van der Waals surface area (Å²) in [6, 6.07) is 0. The summed E-state index contributed by atoms with van der Waals surface area (Å²) in [6.07, 6.45) is 17.0. The van der Waals surface area contributed by atoms with E-state index >= 15 is 0 Å². The van der Waals surface area contributed by atoms with Crippen molar-refractivity contribution in [1.82, 2.24) is 0 Å².